The summed E-state index contributed by atoms with van der Waals surface area (Å²) < 4.78 is 33.5. The minimum atomic E-state index is -3.55. The molecule has 0 aliphatic heterocycles. The van der Waals surface area contributed by atoms with Gasteiger partial charge in [-0.2, -0.15) is 0 Å². The number of hydrogen-bond donors (Lipinski definition) is 1. The van der Waals surface area contributed by atoms with Crippen LogP contribution in [0, 0.1) is 12.8 Å². The monoisotopic (exact) mass is 347 g/mol. The summed E-state index contributed by atoms with van der Waals surface area (Å²) in [6.07, 6.45) is 0.576. The molecule has 0 saturated heterocycles. The van der Waals surface area contributed by atoms with Crippen LogP contribution in [0.25, 0.3) is 0 Å². The summed E-state index contributed by atoms with van der Waals surface area (Å²) in [4.78, 5) is 0.291. The first-order valence-electron chi connectivity index (χ1n) is 8.04. The Labute approximate surface area is 144 Å². The van der Waals surface area contributed by atoms with Crippen molar-refractivity contribution in [2.45, 2.75) is 38.1 Å². The van der Waals surface area contributed by atoms with Gasteiger partial charge in [-0.3, -0.25) is 0 Å². The number of rotatable bonds is 7. The molecule has 0 aromatic heterocycles. The van der Waals surface area contributed by atoms with Crippen LogP contribution in [0.5, 0.6) is 5.75 Å². The molecule has 0 fully saturated rings. The Balaban J connectivity index is 2.23. The van der Waals surface area contributed by atoms with Crippen molar-refractivity contribution in [3.63, 3.8) is 0 Å². The van der Waals surface area contributed by atoms with Crippen molar-refractivity contribution < 1.29 is 13.2 Å². The van der Waals surface area contributed by atoms with Crippen LogP contribution >= 0.6 is 0 Å². The van der Waals surface area contributed by atoms with Crippen LogP contribution in [0.1, 0.15) is 25.0 Å². The molecule has 4 nitrogen and oxygen atoms in total. The van der Waals surface area contributed by atoms with Gasteiger partial charge in [0.05, 0.1) is 12.0 Å². The molecule has 0 heterocycles. The van der Waals surface area contributed by atoms with Gasteiger partial charge >= 0.3 is 0 Å². The van der Waals surface area contributed by atoms with Crippen molar-refractivity contribution in [3.8, 4) is 5.75 Å². The van der Waals surface area contributed by atoms with E-state index in [1.807, 2.05) is 45.0 Å². The van der Waals surface area contributed by atoms with Crippen LogP contribution in [-0.4, -0.2) is 21.6 Å². The summed E-state index contributed by atoms with van der Waals surface area (Å²) in [5.41, 5.74) is 2.02. The summed E-state index contributed by atoms with van der Waals surface area (Å²) in [5.74, 6) is 0.924. The number of para-hydroxylation sites is 1. The predicted octanol–water partition coefficient (Wildman–Crippen LogP) is 3.55. The van der Waals surface area contributed by atoms with Crippen molar-refractivity contribution in [2.24, 2.45) is 5.92 Å². The zero-order valence-electron chi connectivity index (χ0n) is 14.6. The molecule has 130 valence electrons. The first-order valence-corrected chi connectivity index (χ1v) is 9.52. The molecule has 1 atom stereocenters. The Hall–Kier alpha value is -1.85. The van der Waals surface area contributed by atoms with E-state index in [0.29, 0.717) is 11.3 Å². The van der Waals surface area contributed by atoms with E-state index in [0.717, 1.165) is 16.9 Å². The highest BCUT2D eigenvalue weighted by molar-refractivity contribution is 7.89. The zero-order valence-corrected chi connectivity index (χ0v) is 15.4. The molecule has 2 rings (SSSR count). The highest BCUT2D eigenvalue weighted by Crippen LogP contribution is 2.22. The third-order valence-electron chi connectivity index (χ3n) is 4.07. The predicted molar refractivity (Wildman–Crippen MR) is 96.8 cm³/mol. The lowest BCUT2D eigenvalue weighted by Gasteiger charge is -2.23. The molecule has 0 saturated carbocycles. The number of methoxy groups -OCH3 is 1. The molecular formula is C19H25NO3S. The number of ether oxygens (including phenoxy) is 1. The fourth-order valence-corrected chi connectivity index (χ4v) is 3.89. The lowest BCUT2D eigenvalue weighted by Crippen LogP contribution is -2.40. The normalized spacial score (nSPS) is 13.0. The SMILES string of the molecule is COc1ccccc1C[C@@H](NS(=O)(=O)c1ccc(C)cc1)C(C)C. The maximum absolute atomic E-state index is 12.7. The number of sulfonamides is 1. The number of hydrogen-bond acceptors (Lipinski definition) is 3. The Bertz CT molecular complexity index is 767. The van der Waals surface area contributed by atoms with Crippen LogP contribution < -0.4 is 9.46 Å². The molecule has 5 heteroatoms. The number of aryl methyl sites for hydroxylation is 1. The lowest BCUT2D eigenvalue weighted by atomic mass is 9.97. The van der Waals surface area contributed by atoms with E-state index < -0.39 is 10.0 Å². The smallest absolute Gasteiger partial charge is 0.240 e. The van der Waals surface area contributed by atoms with Gasteiger partial charge < -0.3 is 4.74 Å². The Morgan fingerprint density at radius 3 is 2.25 bits per heavy atom. The second kappa shape index (κ2) is 7.81. The summed E-state index contributed by atoms with van der Waals surface area (Å²) >= 11 is 0. The van der Waals surface area contributed by atoms with E-state index in [2.05, 4.69) is 4.72 Å². The molecule has 0 aliphatic rings. The Kier molecular flexibility index (Phi) is 6.02. The van der Waals surface area contributed by atoms with Gasteiger partial charge in [-0.15, -0.1) is 0 Å². The van der Waals surface area contributed by atoms with Crippen molar-refractivity contribution in [1.82, 2.24) is 4.72 Å². The van der Waals surface area contributed by atoms with E-state index in [-0.39, 0.29) is 12.0 Å². The quantitative estimate of drug-likeness (QED) is 0.833. The standard InChI is InChI=1S/C19H25NO3S/c1-14(2)18(13-16-7-5-6-8-19(16)23-4)20-24(21,22)17-11-9-15(3)10-12-17/h5-12,14,18,20H,13H2,1-4H3/t18-/m1/s1. The van der Waals surface area contributed by atoms with Crippen LogP contribution in [0.4, 0.5) is 0 Å². The molecule has 0 spiro atoms. The summed E-state index contributed by atoms with van der Waals surface area (Å²) in [5, 5.41) is 0. The van der Waals surface area contributed by atoms with E-state index in [4.69, 9.17) is 4.74 Å². The minimum Gasteiger partial charge on any atom is -0.496 e. The Morgan fingerprint density at radius 1 is 1.04 bits per heavy atom. The molecule has 1 N–H and O–H groups in total. The van der Waals surface area contributed by atoms with E-state index >= 15 is 0 Å². The molecule has 2 aromatic carbocycles. The largest absolute Gasteiger partial charge is 0.496 e. The third-order valence-corrected chi connectivity index (χ3v) is 5.58. The fraction of sp³-hybridized carbons (Fsp3) is 0.368. The second-order valence-electron chi connectivity index (χ2n) is 6.30. The van der Waals surface area contributed by atoms with Gasteiger partial charge in [0.1, 0.15) is 5.75 Å². The van der Waals surface area contributed by atoms with Crippen molar-refractivity contribution in [2.75, 3.05) is 7.11 Å². The molecule has 0 radical (unpaired) electrons. The van der Waals surface area contributed by atoms with Crippen LogP contribution in [0.15, 0.2) is 53.4 Å². The molecule has 0 aliphatic carbocycles. The highest BCUT2D eigenvalue weighted by Gasteiger charge is 2.23. The second-order valence-corrected chi connectivity index (χ2v) is 8.01. The van der Waals surface area contributed by atoms with Gasteiger partial charge in [-0.25, -0.2) is 13.1 Å². The molecule has 0 bridgehead atoms. The average Bonchev–Trinajstić information content (AvgIpc) is 2.55. The highest BCUT2D eigenvalue weighted by atomic mass is 32.2. The van der Waals surface area contributed by atoms with Gasteiger partial charge in [0, 0.05) is 6.04 Å². The summed E-state index contributed by atoms with van der Waals surface area (Å²) in [6, 6.07) is 14.4. The topological polar surface area (TPSA) is 55.4 Å². The van der Waals surface area contributed by atoms with E-state index in [1.54, 1.807) is 31.4 Å². The Morgan fingerprint density at radius 2 is 1.67 bits per heavy atom. The maximum atomic E-state index is 12.7. The van der Waals surface area contributed by atoms with Crippen LogP contribution in [0.2, 0.25) is 0 Å². The molecule has 0 unspecified atom stereocenters. The van der Waals surface area contributed by atoms with Gasteiger partial charge in [-0.1, -0.05) is 49.7 Å². The van der Waals surface area contributed by atoms with E-state index in [1.165, 1.54) is 0 Å². The molecule has 0 amide bonds. The van der Waals surface area contributed by atoms with Crippen molar-refractivity contribution >= 4 is 10.0 Å². The first-order chi connectivity index (χ1) is 11.3. The fourth-order valence-electron chi connectivity index (χ4n) is 2.51. The minimum absolute atomic E-state index is 0.148. The summed E-state index contributed by atoms with van der Waals surface area (Å²) in [6.45, 7) is 5.96. The van der Waals surface area contributed by atoms with Crippen molar-refractivity contribution in [1.29, 1.82) is 0 Å². The molecular weight excluding hydrogens is 322 g/mol. The van der Waals surface area contributed by atoms with Gasteiger partial charge in [0.15, 0.2) is 0 Å². The molecule has 2 aromatic rings. The van der Waals surface area contributed by atoms with Gasteiger partial charge in [0.25, 0.3) is 0 Å². The number of benzene rings is 2. The van der Waals surface area contributed by atoms with Crippen LogP contribution in [-0.2, 0) is 16.4 Å². The average molecular weight is 347 g/mol. The van der Waals surface area contributed by atoms with Gasteiger partial charge in [0.2, 0.25) is 10.0 Å². The van der Waals surface area contributed by atoms with Crippen molar-refractivity contribution in [3.05, 3.63) is 59.7 Å². The maximum Gasteiger partial charge on any atom is 0.240 e. The summed E-state index contributed by atoms with van der Waals surface area (Å²) in [7, 11) is -1.93. The lowest BCUT2D eigenvalue weighted by molar-refractivity contribution is 0.398. The first kappa shape index (κ1) is 18.5. The molecule has 24 heavy (non-hydrogen) atoms. The third kappa shape index (κ3) is 4.58. The zero-order chi connectivity index (χ0) is 17.7. The van der Waals surface area contributed by atoms with Crippen LogP contribution in [0.3, 0.4) is 0 Å². The van der Waals surface area contributed by atoms with E-state index in [9.17, 15) is 8.42 Å². The van der Waals surface area contributed by atoms with Gasteiger partial charge in [-0.05, 0) is 43.0 Å². The number of nitrogens with one attached hydrogen (secondary N) is 1.